The quantitative estimate of drug-likeness (QED) is 0.337. The van der Waals surface area contributed by atoms with E-state index in [1.54, 1.807) is 0 Å². The van der Waals surface area contributed by atoms with E-state index in [2.05, 4.69) is 45.0 Å². The minimum absolute atomic E-state index is 0.000317. The number of para-hydroxylation sites is 1. The number of anilines is 2. The number of nitrogens with zero attached hydrogens (tertiary/aromatic N) is 2. The van der Waals surface area contributed by atoms with E-state index in [0.717, 1.165) is 52.7 Å². The van der Waals surface area contributed by atoms with Crippen molar-refractivity contribution in [3.8, 4) is 11.1 Å². The summed E-state index contributed by atoms with van der Waals surface area (Å²) in [7, 11) is 0. The Labute approximate surface area is 193 Å². The molecular weight excluding hydrogens is 410 g/mol. The molecule has 6 heteroatoms. The number of carbonyl (C=O) groups excluding carboxylic acids is 1. The molecule has 0 aliphatic heterocycles. The van der Waals surface area contributed by atoms with Crippen LogP contribution in [0.2, 0.25) is 0 Å². The van der Waals surface area contributed by atoms with Gasteiger partial charge in [0.1, 0.15) is 0 Å². The number of aryl methyl sites for hydroxylation is 1. The molecule has 4 aromatic rings. The van der Waals surface area contributed by atoms with Crippen molar-refractivity contribution in [1.82, 2.24) is 15.3 Å². The molecule has 1 fully saturated rings. The van der Waals surface area contributed by atoms with Crippen molar-refractivity contribution in [3.05, 3.63) is 84.1 Å². The molecule has 5 rings (SSSR count). The maximum Gasteiger partial charge on any atom is 0.251 e. The van der Waals surface area contributed by atoms with Crippen LogP contribution in [0.5, 0.6) is 0 Å². The lowest BCUT2D eigenvalue weighted by molar-refractivity contribution is 0.0951. The Balaban J connectivity index is 1.28. The number of rotatable bonds is 8. The lowest BCUT2D eigenvalue weighted by atomic mass is 9.97. The van der Waals surface area contributed by atoms with Gasteiger partial charge in [-0.05, 0) is 72.9 Å². The molecule has 1 aromatic heterocycles. The van der Waals surface area contributed by atoms with Gasteiger partial charge >= 0.3 is 0 Å². The van der Waals surface area contributed by atoms with Gasteiger partial charge in [-0.3, -0.25) is 4.79 Å². The normalized spacial score (nSPS) is 13.0. The number of benzene rings is 3. The van der Waals surface area contributed by atoms with Crippen LogP contribution in [0, 0.1) is 6.92 Å². The lowest BCUT2D eigenvalue weighted by Crippen LogP contribution is -2.25. The summed E-state index contributed by atoms with van der Waals surface area (Å²) in [6.45, 7) is 3.55. The highest BCUT2D eigenvalue weighted by molar-refractivity contribution is 5.96. The van der Waals surface area contributed by atoms with E-state index >= 15 is 0 Å². The highest BCUT2D eigenvalue weighted by atomic mass is 16.1. The van der Waals surface area contributed by atoms with Gasteiger partial charge in [0.2, 0.25) is 5.95 Å². The van der Waals surface area contributed by atoms with Gasteiger partial charge in [0.05, 0.1) is 5.52 Å². The molecule has 1 aliphatic carbocycles. The van der Waals surface area contributed by atoms with Crippen LogP contribution in [0.4, 0.5) is 11.6 Å². The minimum Gasteiger partial charge on any atom is -0.383 e. The third-order valence-electron chi connectivity index (χ3n) is 5.81. The van der Waals surface area contributed by atoms with Crippen molar-refractivity contribution >= 4 is 28.4 Å². The van der Waals surface area contributed by atoms with E-state index in [1.165, 1.54) is 0 Å². The van der Waals surface area contributed by atoms with E-state index in [9.17, 15) is 4.79 Å². The summed E-state index contributed by atoms with van der Waals surface area (Å²) < 4.78 is 0. The fraction of sp³-hybridized carbons (Fsp3) is 0.222. The fourth-order valence-electron chi connectivity index (χ4n) is 3.79. The smallest absolute Gasteiger partial charge is 0.251 e. The summed E-state index contributed by atoms with van der Waals surface area (Å²) >= 11 is 0. The number of amides is 1. The lowest BCUT2D eigenvalue weighted by Gasteiger charge is -2.11. The van der Waals surface area contributed by atoms with E-state index in [-0.39, 0.29) is 5.91 Å². The fourth-order valence-corrected chi connectivity index (χ4v) is 3.79. The van der Waals surface area contributed by atoms with Crippen molar-refractivity contribution in [3.63, 3.8) is 0 Å². The van der Waals surface area contributed by atoms with Crippen molar-refractivity contribution in [2.24, 2.45) is 0 Å². The van der Waals surface area contributed by atoms with Gasteiger partial charge in [0.25, 0.3) is 5.91 Å². The second kappa shape index (κ2) is 9.28. The summed E-state index contributed by atoms with van der Waals surface area (Å²) in [6, 6.07) is 22.5. The first-order valence-corrected chi connectivity index (χ1v) is 11.4. The van der Waals surface area contributed by atoms with Crippen LogP contribution in [-0.4, -0.2) is 35.0 Å². The summed E-state index contributed by atoms with van der Waals surface area (Å²) in [5.41, 5.74) is 5.90. The third-order valence-corrected chi connectivity index (χ3v) is 5.81. The number of hydrogen-bond acceptors (Lipinski definition) is 5. The molecule has 0 atom stereocenters. The molecule has 6 nitrogen and oxygen atoms in total. The van der Waals surface area contributed by atoms with Gasteiger partial charge in [-0.1, -0.05) is 30.3 Å². The summed E-state index contributed by atoms with van der Waals surface area (Å²) in [4.78, 5) is 21.6. The molecule has 166 valence electrons. The number of aromatic nitrogens is 2. The number of nitrogens with one attached hydrogen (secondary N) is 3. The first kappa shape index (κ1) is 20.9. The Kier molecular flexibility index (Phi) is 5.89. The van der Waals surface area contributed by atoms with E-state index < -0.39 is 0 Å². The average molecular weight is 438 g/mol. The molecule has 33 heavy (non-hydrogen) atoms. The van der Waals surface area contributed by atoms with Crippen molar-refractivity contribution in [2.75, 3.05) is 23.7 Å². The van der Waals surface area contributed by atoms with Gasteiger partial charge in [-0.15, -0.1) is 0 Å². The van der Waals surface area contributed by atoms with Crippen molar-refractivity contribution in [1.29, 1.82) is 0 Å². The highest BCUT2D eigenvalue weighted by Gasteiger charge is 2.24. The molecule has 0 bridgehead atoms. The molecule has 1 amide bonds. The van der Waals surface area contributed by atoms with Crippen LogP contribution in [0.1, 0.15) is 28.8 Å². The summed E-state index contributed by atoms with van der Waals surface area (Å²) in [5.74, 6) is 0.611. The number of carbonyl (C=O) groups is 1. The van der Waals surface area contributed by atoms with Gasteiger partial charge in [0, 0.05) is 42.0 Å². The highest BCUT2D eigenvalue weighted by Crippen LogP contribution is 2.28. The predicted molar refractivity (Wildman–Crippen MR) is 134 cm³/mol. The van der Waals surface area contributed by atoms with Crippen LogP contribution in [0.25, 0.3) is 22.0 Å². The topological polar surface area (TPSA) is 78.9 Å². The van der Waals surface area contributed by atoms with Gasteiger partial charge in [-0.2, -0.15) is 0 Å². The Bertz CT molecular complexity index is 1280. The maximum atomic E-state index is 12.5. The minimum atomic E-state index is 0.000317. The molecule has 1 saturated carbocycles. The van der Waals surface area contributed by atoms with Crippen molar-refractivity contribution in [2.45, 2.75) is 25.8 Å². The van der Waals surface area contributed by atoms with Crippen LogP contribution >= 0.6 is 0 Å². The molecule has 1 heterocycles. The molecule has 0 spiro atoms. The number of fused-ring (bicyclic) bond motifs is 1. The van der Waals surface area contributed by atoms with E-state index in [0.29, 0.717) is 24.1 Å². The molecule has 1 aliphatic rings. The van der Waals surface area contributed by atoms with E-state index in [1.807, 2.05) is 60.8 Å². The van der Waals surface area contributed by atoms with E-state index in [4.69, 9.17) is 0 Å². The van der Waals surface area contributed by atoms with Crippen LogP contribution in [0.15, 0.2) is 72.9 Å². The van der Waals surface area contributed by atoms with Gasteiger partial charge in [-0.25, -0.2) is 9.97 Å². The number of hydrogen-bond donors (Lipinski definition) is 3. The Hall–Kier alpha value is -3.93. The van der Waals surface area contributed by atoms with Gasteiger partial charge in [0.15, 0.2) is 0 Å². The SMILES string of the molecule is Cc1ccc(C(=O)NC2CC2)cc1-c1ccc2nc(NCCNc3ccccc3)ncc2c1. The Morgan fingerprint density at radius 3 is 2.61 bits per heavy atom. The first-order valence-electron chi connectivity index (χ1n) is 11.4. The molecule has 0 unspecified atom stereocenters. The third kappa shape index (κ3) is 5.12. The van der Waals surface area contributed by atoms with Crippen LogP contribution < -0.4 is 16.0 Å². The van der Waals surface area contributed by atoms with Crippen LogP contribution in [0.3, 0.4) is 0 Å². The second-order valence-electron chi connectivity index (χ2n) is 8.46. The average Bonchev–Trinajstić information content (AvgIpc) is 3.66. The Morgan fingerprint density at radius 1 is 0.970 bits per heavy atom. The predicted octanol–water partition coefficient (Wildman–Crippen LogP) is 5.02. The first-order chi connectivity index (χ1) is 16.2. The largest absolute Gasteiger partial charge is 0.383 e. The zero-order valence-electron chi connectivity index (χ0n) is 18.6. The maximum absolute atomic E-state index is 12.5. The van der Waals surface area contributed by atoms with Crippen LogP contribution in [-0.2, 0) is 0 Å². The zero-order valence-corrected chi connectivity index (χ0v) is 18.6. The standard InChI is InChI=1S/C27H27N5O/c1-18-7-8-20(26(33)31-23-10-11-23)16-24(18)19-9-12-25-21(15-19)17-30-27(32-25)29-14-13-28-22-5-3-2-4-6-22/h2-9,12,15-17,23,28H,10-11,13-14H2,1H3,(H,31,33)(H,29,30,32). The summed E-state index contributed by atoms with van der Waals surface area (Å²) in [5, 5.41) is 10.7. The molecule has 3 N–H and O–H groups in total. The second-order valence-corrected chi connectivity index (χ2v) is 8.46. The molecule has 0 radical (unpaired) electrons. The van der Waals surface area contributed by atoms with Crippen molar-refractivity contribution < 1.29 is 4.79 Å². The van der Waals surface area contributed by atoms with Gasteiger partial charge < -0.3 is 16.0 Å². The molecule has 3 aromatic carbocycles. The Morgan fingerprint density at radius 2 is 1.79 bits per heavy atom. The summed E-state index contributed by atoms with van der Waals surface area (Å²) in [6.07, 6.45) is 4.00. The molecular formula is C27H27N5O. The molecule has 0 saturated heterocycles. The monoisotopic (exact) mass is 437 g/mol. The zero-order chi connectivity index (χ0) is 22.6.